The molecule has 4 aromatic carbocycles. The number of carbonyl (C=O) groups is 1. The van der Waals surface area contributed by atoms with E-state index in [4.69, 9.17) is 21.1 Å². The Hall–Kier alpha value is -4.60. The molecule has 0 saturated carbocycles. The van der Waals surface area contributed by atoms with Crippen molar-refractivity contribution in [1.29, 1.82) is 0 Å². The molecule has 2 heterocycles. The Morgan fingerprint density at radius 2 is 1.55 bits per heavy atom. The van der Waals surface area contributed by atoms with E-state index in [1.54, 1.807) is 42.6 Å². The van der Waals surface area contributed by atoms with E-state index in [0.717, 1.165) is 55.0 Å². The molecule has 53 heavy (non-hydrogen) atoms. The Labute approximate surface area is 328 Å². The van der Waals surface area contributed by atoms with Gasteiger partial charge in [-0.05, 0) is 96.6 Å². The Morgan fingerprint density at radius 1 is 0.868 bits per heavy atom. The topological polar surface area (TPSA) is 66.9 Å². The summed E-state index contributed by atoms with van der Waals surface area (Å²) < 4.78 is 25.0. The van der Waals surface area contributed by atoms with Gasteiger partial charge in [0.2, 0.25) is 11.8 Å². The zero-order valence-corrected chi connectivity index (χ0v) is 32.2. The molecule has 1 fully saturated rings. The third-order valence-electron chi connectivity index (χ3n) is 8.81. The van der Waals surface area contributed by atoms with Gasteiger partial charge in [0.05, 0.1) is 11.2 Å². The molecular weight excluding hydrogens is 734 g/mol. The molecule has 1 N–H and O–H groups in total. The van der Waals surface area contributed by atoms with Crippen molar-refractivity contribution in [3.05, 3.63) is 154 Å². The number of ether oxygens (including phenoxy) is 2. The van der Waals surface area contributed by atoms with Crippen molar-refractivity contribution in [2.75, 3.05) is 38.0 Å². The molecule has 5 aromatic rings. The van der Waals surface area contributed by atoms with Gasteiger partial charge >= 0.3 is 0 Å². The highest BCUT2D eigenvalue weighted by Gasteiger charge is 2.20. The minimum atomic E-state index is -0.232. The van der Waals surface area contributed by atoms with E-state index in [1.165, 1.54) is 28.8 Å². The van der Waals surface area contributed by atoms with Gasteiger partial charge in [0, 0.05) is 57.1 Å². The van der Waals surface area contributed by atoms with Crippen LogP contribution in [0.5, 0.6) is 17.4 Å². The summed E-state index contributed by atoms with van der Waals surface area (Å²) in [6, 6.07) is 30.6. The first-order valence-corrected chi connectivity index (χ1v) is 17.5. The molecule has 0 aliphatic carbocycles. The standard InChI is InChI=1S/C42H42ClFN4O3.2ClH/c1-30-3-5-34(6-4-30)29-50-38-16-17-40(46-27-38)51-42-31(2)25-35(26-39(42)43)11-18-41(49)48-23-21-47(22-24-48)28-33-9-7-32(8-10-33)19-20-45-37-14-12-36(44)13-15-37;;/h3-18,25-27,45H,19-24,28-29H2,1-2H3;2*1H/b18-11+;;. The lowest BCUT2D eigenvalue weighted by Crippen LogP contribution is -2.47. The molecular formula is C42H44Cl3FN4O3. The number of halogens is 4. The second-order valence-corrected chi connectivity index (χ2v) is 13.2. The number of nitrogens with one attached hydrogen (secondary N) is 1. The lowest BCUT2D eigenvalue weighted by Gasteiger charge is -2.34. The van der Waals surface area contributed by atoms with Crippen molar-refractivity contribution in [2.45, 2.75) is 33.4 Å². The van der Waals surface area contributed by atoms with Gasteiger partial charge in [0.1, 0.15) is 18.2 Å². The Morgan fingerprint density at radius 3 is 2.21 bits per heavy atom. The SMILES string of the molecule is Cc1ccc(COc2ccc(Oc3c(C)cc(/C=C/C(=O)N4CCN(Cc5ccc(CCNc6ccc(F)cc6)cc5)CC4)cc3Cl)nc2)cc1.Cl.Cl. The molecule has 278 valence electrons. The van der Waals surface area contributed by atoms with Crippen LogP contribution in [0.1, 0.15) is 33.4 Å². The largest absolute Gasteiger partial charge is 0.487 e. The summed E-state index contributed by atoms with van der Waals surface area (Å²) in [6.45, 7) is 9.03. The first kappa shape index (κ1) is 41.2. The summed E-state index contributed by atoms with van der Waals surface area (Å²) >= 11 is 6.62. The van der Waals surface area contributed by atoms with Crippen LogP contribution in [0.4, 0.5) is 10.1 Å². The number of piperazine rings is 1. The van der Waals surface area contributed by atoms with Gasteiger partial charge in [-0.1, -0.05) is 65.7 Å². The second kappa shape index (κ2) is 20.0. The van der Waals surface area contributed by atoms with Gasteiger partial charge in [-0.2, -0.15) is 0 Å². The first-order valence-electron chi connectivity index (χ1n) is 17.2. The molecule has 11 heteroatoms. The van der Waals surface area contributed by atoms with E-state index in [9.17, 15) is 9.18 Å². The van der Waals surface area contributed by atoms with Gasteiger partial charge in [-0.3, -0.25) is 9.69 Å². The highest BCUT2D eigenvalue weighted by Crippen LogP contribution is 2.34. The summed E-state index contributed by atoms with van der Waals surface area (Å²) in [7, 11) is 0. The molecule has 6 rings (SSSR count). The molecule has 0 spiro atoms. The lowest BCUT2D eigenvalue weighted by molar-refractivity contribution is -0.127. The van der Waals surface area contributed by atoms with E-state index in [2.05, 4.69) is 58.5 Å². The smallest absolute Gasteiger partial charge is 0.246 e. The number of carbonyl (C=O) groups excluding carboxylic acids is 1. The molecule has 7 nitrogen and oxygen atoms in total. The highest BCUT2D eigenvalue weighted by atomic mass is 35.5. The molecule has 1 aliphatic rings. The third-order valence-corrected chi connectivity index (χ3v) is 9.09. The fraction of sp³-hybridized carbons (Fsp3) is 0.238. The van der Waals surface area contributed by atoms with Gasteiger partial charge in [-0.25, -0.2) is 9.37 Å². The van der Waals surface area contributed by atoms with E-state index in [-0.39, 0.29) is 36.5 Å². The van der Waals surface area contributed by atoms with E-state index in [1.807, 2.05) is 36.1 Å². The van der Waals surface area contributed by atoms with Gasteiger partial charge in [-0.15, -0.1) is 24.8 Å². The van der Waals surface area contributed by atoms with Crippen LogP contribution in [0.3, 0.4) is 0 Å². The monoisotopic (exact) mass is 776 g/mol. The molecule has 1 aliphatic heterocycles. The predicted molar refractivity (Wildman–Crippen MR) is 216 cm³/mol. The van der Waals surface area contributed by atoms with Crippen LogP contribution >= 0.6 is 36.4 Å². The normalized spacial score (nSPS) is 12.9. The molecule has 0 atom stereocenters. The average Bonchev–Trinajstić information content (AvgIpc) is 3.14. The first-order chi connectivity index (χ1) is 24.8. The Bertz CT molecular complexity index is 1910. The summed E-state index contributed by atoms with van der Waals surface area (Å²) in [6.07, 6.45) is 5.93. The number of pyridine rings is 1. The predicted octanol–water partition coefficient (Wildman–Crippen LogP) is 9.72. The van der Waals surface area contributed by atoms with Gasteiger partial charge < -0.3 is 19.7 Å². The number of amides is 1. The summed E-state index contributed by atoms with van der Waals surface area (Å²) in [5.74, 6) is 1.32. The maximum atomic E-state index is 13.1. The number of aromatic nitrogens is 1. The zero-order chi connectivity index (χ0) is 35.6. The summed E-state index contributed by atoms with van der Waals surface area (Å²) in [5, 5.41) is 3.76. The number of hydrogen-bond acceptors (Lipinski definition) is 6. The van der Waals surface area contributed by atoms with Crippen LogP contribution < -0.4 is 14.8 Å². The lowest BCUT2D eigenvalue weighted by atomic mass is 10.1. The van der Waals surface area contributed by atoms with Crippen molar-refractivity contribution < 1.29 is 18.7 Å². The molecule has 0 bridgehead atoms. The number of nitrogens with zero attached hydrogens (tertiary/aromatic N) is 3. The number of anilines is 1. The highest BCUT2D eigenvalue weighted by molar-refractivity contribution is 6.32. The second-order valence-electron chi connectivity index (χ2n) is 12.8. The minimum Gasteiger partial charge on any atom is -0.487 e. The molecule has 1 aromatic heterocycles. The average molecular weight is 778 g/mol. The quantitative estimate of drug-likeness (QED) is 0.120. The van der Waals surface area contributed by atoms with Crippen LogP contribution in [0, 0.1) is 19.7 Å². The van der Waals surface area contributed by atoms with Crippen LogP contribution in [-0.4, -0.2) is 53.4 Å². The summed E-state index contributed by atoms with van der Waals surface area (Å²) in [4.78, 5) is 21.7. The number of hydrogen-bond donors (Lipinski definition) is 1. The van der Waals surface area contributed by atoms with Crippen molar-refractivity contribution in [1.82, 2.24) is 14.8 Å². The van der Waals surface area contributed by atoms with Crippen LogP contribution in [0.25, 0.3) is 6.08 Å². The van der Waals surface area contributed by atoms with Crippen molar-refractivity contribution in [3.63, 3.8) is 0 Å². The van der Waals surface area contributed by atoms with Crippen LogP contribution in [-0.2, 0) is 24.4 Å². The van der Waals surface area contributed by atoms with Gasteiger partial charge in [0.15, 0.2) is 5.75 Å². The van der Waals surface area contributed by atoms with Crippen molar-refractivity contribution in [2.24, 2.45) is 0 Å². The summed E-state index contributed by atoms with van der Waals surface area (Å²) in [5.41, 5.74) is 7.36. The maximum absolute atomic E-state index is 13.1. The number of benzene rings is 4. The van der Waals surface area contributed by atoms with E-state index in [0.29, 0.717) is 42.1 Å². The molecule has 1 amide bonds. The third kappa shape index (κ3) is 12.2. The maximum Gasteiger partial charge on any atom is 0.246 e. The molecule has 0 radical (unpaired) electrons. The number of rotatable bonds is 13. The minimum absolute atomic E-state index is 0. The zero-order valence-electron chi connectivity index (χ0n) is 29.8. The fourth-order valence-electron chi connectivity index (χ4n) is 5.84. The molecule has 0 unspecified atom stereocenters. The molecule has 1 saturated heterocycles. The van der Waals surface area contributed by atoms with E-state index >= 15 is 0 Å². The fourth-order valence-corrected chi connectivity index (χ4v) is 6.15. The van der Waals surface area contributed by atoms with Crippen LogP contribution in [0.2, 0.25) is 5.02 Å². The van der Waals surface area contributed by atoms with Crippen molar-refractivity contribution in [3.8, 4) is 17.4 Å². The van der Waals surface area contributed by atoms with Crippen LogP contribution in [0.15, 0.2) is 109 Å². The van der Waals surface area contributed by atoms with Crippen molar-refractivity contribution >= 4 is 54.1 Å². The van der Waals surface area contributed by atoms with Gasteiger partial charge in [0.25, 0.3) is 0 Å². The number of aryl methyl sites for hydroxylation is 2. The van der Waals surface area contributed by atoms with E-state index < -0.39 is 0 Å². The Kier molecular flexibility index (Phi) is 15.5. The Balaban J connectivity index is 0.00000314.